The summed E-state index contributed by atoms with van der Waals surface area (Å²) < 4.78 is 11.5. The van der Waals surface area contributed by atoms with Crippen LogP contribution in [0, 0.1) is 0 Å². The normalized spacial score (nSPS) is 32.3. The van der Waals surface area contributed by atoms with Crippen molar-refractivity contribution in [2.24, 2.45) is 11.5 Å². The minimum Gasteiger partial charge on any atom is -0.343 e. The molecular weight excluding hydrogens is 168 g/mol. The summed E-state index contributed by atoms with van der Waals surface area (Å²) in [5.74, 6) is -0.436. The molecule has 0 aromatic rings. The third kappa shape index (κ3) is 2.02. The summed E-state index contributed by atoms with van der Waals surface area (Å²) in [5.41, 5.74) is 11.1. The first kappa shape index (κ1) is 10.9. The van der Waals surface area contributed by atoms with E-state index in [1.807, 2.05) is 0 Å². The van der Waals surface area contributed by atoms with Gasteiger partial charge >= 0.3 is 0 Å². The van der Waals surface area contributed by atoms with Gasteiger partial charge in [-0.3, -0.25) is 0 Å². The lowest BCUT2D eigenvalue weighted by molar-refractivity contribution is -0.177. The molecule has 4 nitrogen and oxygen atoms in total. The molecule has 1 saturated heterocycles. The lowest BCUT2D eigenvalue weighted by Gasteiger charge is -2.25. The van der Waals surface area contributed by atoms with Gasteiger partial charge in [-0.2, -0.15) is 0 Å². The van der Waals surface area contributed by atoms with Crippen molar-refractivity contribution in [3.8, 4) is 0 Å². The van der Waals surface area contributed by atoms with E-state index in [0.717, 1.165) is 12.8 Å². The van der Waals surface area contributed by atoms with Crippen LogP contribution in [0.5, 0.6) is 0 Å². The van der Waals surface area contributed by atoms with Gasteiger partial charge < -0.3 is 20.9 Å². The van der Waals surface area contributed by atoms with Gasteiger partial charge in [0.05, 0.1) is 0 Å². The first-order valence-corrected chi connectivity index (χ1v) is 4.97. The second-order valence-corrected chi connectivity index (χ2v) is 3.40. The number of ether oxygens (including phenoxy) is 2. The van der Waals surface area contributed by atoms with Gasteiger partial charge in [0, 0.05) is 13.1 Å². The predicted octanol–water partition coefficient (Wildman–Crippen LogP) is 0.204. The predicted molar refractivity (Wildman–Crippen MR) is 51.2 cm³/mol. The average molecular weight is 188 g/mol. The molecule has 0 spiro atoms. The highest BCUT2D eigenvalue weighted by Gasteiger charge is 2.43. The molecule has 0 aliphatic carbocycles. The van der Waals surface area contributed by atoms with E-state index in [1.165, 1.54) is 0 Å². The van der Waals surface area contributed by atoms with Crippen molar-refractivity contribution in [2.45, 2.75) is 44.7 Å². The van der Waals surface area contributed by atoms with Gasteiger partial charge in [-0.05, 0) is 12.8 Å². The zero-order valence-corrected chi connectivity index (χ0v) is 8.45. The Balaban J connectivity index is 2.65. The van der Waals surface area contributed by atoms with E-state index in [0.29, 0.717) is 13.1 Å². The zero-order valence-electron chi connectivity index (χ0n) is 8.45. The fourth-order valence-corrected chi connectivity index (χ4v) is 1.71. The first-order valence-electron chi connectivity index (χ1n) is 4.97. The monoisotopic (exact) mass is 188 g/mol. The molecule has 1 fully saturated rings. The summed E-state index contributed by atoms with van der Waals surface area (Å²) in [6, 6.07) is 0. The van der Waals surface area contributed by atoms with Gasteiger partial charge in [-0.1, -0.05) is 13.8 Å². The second-order valence-electron chi connectivity index (χ2n) is 3.40. The zero-order chi connectivity index (χ0) is 9.90. The van der Waals surface area contributed by atoms with Crippen molar-refractivity contribution in [1.82, 2.24) is 0 Å². The maximum atomic E-state index is 5.77. The molecule has 2 atom stereocenters. The standard InChI is InChI=1S/C9H20N2O2/c1-3-9(4-2)12-7(5-10)8(6-11)13-9/h7-8H,3-6,10-11H2,1-2H3/t7-,8-/m0/s1. The number of hydrogen-bond donors (Lipinski definition) is 2. The highest BCUT2D eigenvalue weighted by molar-refractivity contribution is 4.85. The van der Waals surface area contributed by atoms with Crippen LogP contribution >= 0.6 is 0 Å². The van der Waals surface area contributed by atoms with Gasteiger partial charge in [0.25, 0.3) is 0 Å². The first-order chi connectivity index (χ1) is 6.21. The topological polar surface area (TPSA) is 70.5 Å². The molecule has 0 aromatic heterocycles. The molecule has 1 heterocycles. The quantitative estimate of drug-likeness (QED) is 0.661. The SMILES string of the molecule is CCC1(CC)O[C@@H](CN)[C@H](CN)O1. The van der Waals surface area contributed by atoms with Crippen LogP contribution in [-0.2, 0) is 9.47 Å². The van der Waals surface area contributed by atoms with Crippen LogP contribution in [-0.4, -0.2) is 31.1 Å². The summed E-state index contributed by atoms with van der Waals surface area (Å²) in [4.78, 5) is 0. The summed E-state index contributed by atoms with van der Waals surface area (Å²) in [7, 11) is 0. The maximum absolute atomic E-state index is 5.77. The minimum atomic E-state index is -0.436. The Bertz CT molecular complexity index is 146. The lowest BCUT2D eigenvalue weighted by atomic mass is 10.1. The van der Waals surface area contributed by atoms with Crippen LogP contribution in [0.15, 0.2) is 0 Å². The fourth-order valence-electron chi connectivity index (χ4n) is 1.71. The molecule has 0 aromatic carbocycles. The van der Waals surface area contributed by atoms with Crippen molar-refractivity contribution in [2.75, 3.05) is 13.1 Å². The van der Waals surface area contributed by atoms with Gasteiger partial charge in [0.15, 0.2) is 5.79 Å². The molecule has 0 bridgehead atoms. The van der Waals surface area contributed by atoms with E-state index in [2.05, 4.69) is 13.8 Å². The Kier molecular flexibility index (Phi) is 3.67. The molecule has 4 heteroatoms. The Labute approximate surface area is 79.6 Å². The molecule has 1 rings (SSSR count). The minimum absolute atomic E-state index is 0.0371. The van der Waals surface area contributed by atoms with Crippen LogP contribution in [0.4, 0.5) is 0 Å². The van der Waals surface area contributed by atoms with Crippen molar-refractivity contribution in [3.63, 3.8) is 0 Å². The van der Waals surface area contributed by atoms with Gasteiger partial charge in [0.2, 0.25) is 0 Å². The second kappa shape index (κ2) is 4.37. The van der Waals surface area contributed by atoms with Crippen molar-refractivity contribution in [3.05, 3.63) is 0 Å². The molecular formula is C9H20N2O2. The van der Waals surface area contributed by atoms with Gasteiger partial charge in [0.1, 0.15) is 12.2 Å². The van der Waals surface area contributed by atoms with Crippen LogP contribution in [0.3, 0.4) is 0 Å². The van der Waals surface area contributed by atoms with Gasteiger partial charge in [-0.15, -0.1) is 0 Å². The molecule has 4 N–H and O–H groups in total. The molecule has 78 valence electrons. The summed E-state index contributed by atoms with van der Waals surface area (Å²) in [6.07, 6.45) is 1.61. The van der Waals surface area contributed by atoms with Crippen LogP contribution in [0.25, 0.3) is 0 Å². The van der Waals surface area contributed by atoms with Crippen LogP contribution < -0.4 is 11.5 Å². The molecule has 1 aliphatic heterocycles. The van der Waals surface area contributed by atoms with Crippen molar-refractivity contribution >= 4 is 0 Å². The maximum Gasteiger partial charge on any atom is 0.168 e. The molecule has 13 heavy (non-hydrogen) atoms. The summed E-state index contributed by atoms with van der Waals surface area (Å²) >= 11 is 0. The summed E-state index contributed by atoms with van der Waals surface area (Å²) in [6.45, 7) is 5.05. The molecule has 0 amide bonds. The fraction of sp³-hybridized carbons (Fsp3) is 1.00. The molecule has 0 radical (unpaired) electrons. The summed E-state index contributed by atoms with van der Waals surface area (Å²) in [5, 5.41) is 0. The van der Waals surface area contributed by atoms with Crippen molar-refractivity contribution < 1.29 is 9.47 Å². The smallest absolute Gasteiger partial charge is 0.168 e. The largest absolute Gasteiger partial charge is 0.343 e. The highest BCUT2D eigenvalue weighted by atomic mass is 16.8. The van der Waals surface area contributed by atoms with Crippen LogP contribution in [0.2, 0.25) is 0 Å². The van der Waals surface area contributed by atoms with Crippen LogP contribution in [0.1, 0.15) is 26.7 Å². The number of nitrogens with two attached hydrogens (primary N) is 2. The van der Waals surface area contributed by atoms with E-state index in [9.17, 15) is 0 Å². The molecule has 0 saturated carbocycles. The lowest BCUT2D eigenvalue weighted by Crippen LogP contribution is -2.35. The van der Waals surface area contributed by atoms with E-state index < -0.39 is 5.79 Å². The molecule has 1 aliphatic rings. The Morgan fingerprint density at radius 2 is 1.38 bits per heavy atom. The number of hydrogen-bond acceptors (Lipinski definition) is 4. The third-order valence-corrected chi connectivity index (χ3v) is 2.69. The van der Waals surface area contributed by atoms with Crippen molar-refractivity contribution in [1.29, 1.82) is 0 Å². The third-order valence-electron chi connectivity index (χ3n) is 2.69. The van der Waals surface area contributed by atoms with E-state index in [1.54, 1.807) is 0 Å². The van der Waals surface area contributed by atoms with E-state index in [-0.39, 0.29) is 12.2 Å². The van der Waals surface area contributed by atoms with E-state index >= 15 is 0 Å². The van der Waals surface area contributed by atoms with Gasteiger partial charge in [-0.25, -0.2) is 0 Å². The number of rotatable bonds is 4. The Morgan fingerprint density at radius 3 is 1.62 bits per heavy atom. The Morgan fingerprint density at radius 1 is 1.00 bits per heavy atom. The van der Waals surface area contributed by atoms with E-state index in [4.69, 9.17) is 20.9 Å². The molecule has 0 unspecified atom stereocenters. The Hall–Kier alpha value is -0.160. The average Bonchev–Trinajstić information content (AvgIpc) is 2.57. The highest BCUT2D eigenvalue weighted by Crippen LogP contribution is 2.33.